The number of nitrogens with zero attached hydrogens (tertiary/aromatic N) is 3. The molecular formula is C16H20N4O3S2. The molecule has 134 valence electrons. The maximum Gasteiger partial charge on any atom is 0.260 e. The van der Waals surface area contributed by atoms with Crippen molar-refractivity contribution >= 4 is 26.3 Å². The maximum absolute atomic E-state index is 12.9. The van der Waals surface area contributed by atoms with E-state index in [9.17, 15) is 8.42 Å². The van der Waals surface area contributed by atoms with Gasteiger partial charge in [-0.25, -0.2) is 18.1 Å². The number of benzene rings is 1. The van der Waals surface area contributed by atoms with Crippen molar-refractivity contribution in [3.8, 4) is 5.75 Å². The molecule has 2 heterocycles. The molecule has 3 aromatic rings. The zero-order valence-electron chi connectivity index (χ0n) is 14.5. The van der Waals surface area contributed by atoms with Crippen molar-refractivity contribution in [3.63, 3.8) is 0 Å². The predicted molar refractivity (Wildman–Crippen MR) is 96.7 cm³/mol. The SMILES string of the molecule is CCOc1ccc(C(C)NS(=O)(=O)c2c(C)nc3sc(C)nn23)cc1. The normalized spacial score (nSPS) is 13.3. The molecule has 2 aromatic heterocycles. The van der Waals surface area contributed by atoms with Gasteiger partial charge >= 0.3 is 0 Å². The zero-order chi connectivity index (χ0) is 18.2. The Hall–Kier alpha value is -1.97. The Kier molecular flexibility index (Phi) is 4.81. The second-order valence-electron chi connectivity index (χ2n) is 5.66. The van der Waals surface area contributed by atoms with Gasteiger partial charge in [0.15, 0.2) is 5.03 Å². The topological polar surface area (TPSA) is 85.6 Å². The molecule has 1 unspecified atom stereocenters. The third-order valence-corrected chi connectivity index (χ3v) is 6.17. The van der Waals surface area contributed by atoms with Crippen molar-refractivity contribution in [2.24, 2.45) is 0 Å². The number of ether oxygens (including phenoxy) is 1. The summed E-state index contributed by atoms with van der Waals surface area (Å²) in [5.41, 5.74) is 1.28. The minimum Gasteiger partial charge on any atom is -0.494 e. The van der Waals surface area contributed by atoms with E-state index in [-0.39, 0.29) is 5.03 Å². The summed E-state index contributed by atoms with van der Waals surface area (Å²) in [5, 5.41) is 5.10. The lowest BCUT2D eigenvalue weighted by Gasteiger charge is -2.15. The lowest BCUT2D eigenvalue weighted by molar-refractivity contribution is 0.340. The Balaban J connectivity index is 1.88. The summed E-state index contributed by atoms with van der Waals surface area (Å²) in [6, 6.07) is 6.96. The zero-order valence-corrected chi connectivity index (χ0v) is 16.1. The first-order valence-electron chi connectivity index (χ1n) is 7.89. The van der Waals surface area contributed by atoms with Gasteiger partial charge in [-0.2, -0.15) is 9.61 Å². The molecule has 1 N–H and O–H groups in total. The molecule has 0 amide bonds. The van der Waals surface area contributed by atoms with Crippen LogP contribution in [0.15, 0.2) is 29.3 Å². The van der Waals surface area contributed by atoms with E-state index in [0.29, 0.717) is 17.3 Å². The van der Waals surface area contributed by atoms with Crippen LogP contribution >= 0.6 is 11.3 Å². The summed E-state index contributed by atoms with van der Waals surface area (Å²) in [5.74, 6) is 0.757. The summed E-state index contributed by atoms with van der Waals surface area (Å²) in [7, 11) is -3.77. The number of hydrogen-bond acceptors (Lipinski definition) is 6. The Morgan fingerprint density at radius 3 is 2.60 bits per heavy atom. The highest BCUT2D eigenvalue weighted by molar-refractivity contribution is 7.89. The maximum atomic E-state index is 12.9. The van der Waals surface area contributed by atoms with Gasteiger partial charge in [0.25, 0.3) is 10.0 Å². The fraction of sp³-hybridized carbons (Fsp3) is 0.375. The van der Waals surface area contributed by atoms with Gasteiger partial charge in [-0.15, -0.1) is 0 Å². The number of rotatable bonds is 6. The van der Waals surface area contributed by atoms with Gasteiger partial charge in [0.1, 0.15) is 10.8 Å². The van der Waals surface area contributed by atoms with Crippen LogP contribution in [0.3, 0.4) is 0 Å². The average Bonchev–Trinajstić information content (AvgIpc) is 3.01. The van der Waals surface area contributed by atoms with Crippen molar-refractivity contribution < 1.29 is 13.2 Å². The summed E-state index contributed by atoms with van der Waals surface area (Å²) in [4.78, 5) is 4.87. The number of aromatic nitrogens is 3. The van der Waals surface area contributed by atoms with Crippen LogP contribution in [0.5, 0.6) is 5.75 Å². The van der Waals surface area contributed by atoms with Gasteiger partial charge in [0.2, 0.25) is 4.96 Å². The van der Waals surface area contributed by atoms with E-state index in [1.165, 1.54) is 15.9 Å². The van der Waals surface area contributed by atoms with E-state index >= 15 is 0 Å². The van der Waals surface area contributed by atoms with Crippen LogP contribution in [0.4, 0.5) is 0 Å². The quantitative estimate of drug-likeness (QED) is 0.711. The standard InChI is InChI=1S/C16H20N4O3S2/c1-5-23-14-8-6-13(7-9-14)10(2)19-25(21,22)15-11(3)17-16-20(15)18-12(4)24-16/h6-10,19H,5H2,1-4H3. The minimum absolute atomic E-state index is 0.0876. The molecule has 0 aliphatic heterocycles. The van der Waals surface area contributed by atoms with Crippen LogP contribution in [0.2, 0.25) is 0 Å². The second-order valence-corrected chi connectivity index (χ2v) is 8.45. The molecule has 3 rings (SSSR count). The largest absolute Gasteiger partial charge is 0.494 e. The average molecular weight is 380 g/mol. The summed E-state index contributed by atoms with van der Waals surface area (Å²) >= 11 is 1.36. The van der Waals surface area contributed by atoms with Crippen molar-refractivity contribution in [1.82, 2.24) is 19.3 Å². The fourth-order valence-electron chi connectivity index (χ4n) is 2.61. The van der Waals surface area contributed by atoms with Crippen molar-refractivity contribution in [2.45, 2.75) is 38.8 Å². The second kappa shape index (κ2) is 6.74. The van der Waals surface area contributed by atoms with Gasteiger partial charge in [-0.1, -0.05) is 23.5 Å². The molecule has 0 fully saturated rings. The minimum atomic E-state index is -3.77. The van der Waals surface area contributed by atoms with Crippen LogP contribution in [0.25, 0.3) is 4.96 Å². The third-order valence-electron chi connectivity index (χ3n) is 3.70. The van der Waals surface area contributed by atoms with E-state index < -0.39 is 16.1 Å². The Morgan fingerprint density at radius 2 is 1.96 bits per heavy atom. The molecule has 0 spiro atoms. The van der Waals surface area contributed by atoms with Gasteiger partial charge in [0, 0.05) is 6.04 Å². The summed E-state index contributed by atoms with van der Waals surface area (Å²) in [6.45, 7) is 7.80. The molecule has 25 heavy (non-hydrogen) atoms. The highest BCUT2D eigenvalue weighted by Gasteiger charge is 2.27. The smallest absolute Gasteiger partial charge is 0.260 e. The van der Waals surface area contributed by atoms with Crippen LogP contribution in [0.1, 0.15) is 36.2 Å². The van der Waals surface area contributed by atoms with E-state index in [1.807, 2.05) is 38.1 Å². The first-order chi connectivity index (χ1) is 11.8. The molecule has 0 bridgehead atoms. The fourth-order valence-corrected chi connectivity index (χ4v) is 4.96. The first-order valence-corrected chi connectivity index (χ1v) is 10.2. The molecule has 1 atom stereocenters. The summed E-state index contributed by atoms with van der Waals surface area (Å²) < 4.78 is 35.2. The first kappa shape index (κ1) is 17.8. The van der Waals surface area contributed by atoms with E-state index in [2.05, 4.69) is 14.8 Å². The highest BCUT2D eigenvalue weighted by Crippen LogP contribution is 2.24. The number of hydrogen-bond donors (Lipinski definition) is 1. The lowest BCUT2D eigenvalue weighted by atomic mass is 10.1. The molecule has 0 radical (unpaired) electrons. The Morgan fingerprint density at radius 1 is 1.28 bits per heavy atom. The number of nitrogens with one attached hydrogen (secondary N) is 1. The molecule has 1 aromatic carbocycles. The van der Waals surface area contributed by atoms with Crippen LogP contribution in [-0.2, 0) is 10.0 Å². The number of imidazole rings is 1. The van der Waals surface area contributed by atoms with E-state index in [4.69, 9.17) is 4.74 Å². The van der Waals surface area contributed by atoms with Gasteiger partial charge in [-0.3, -0.25) is 0 Å². The molecule has 9 heteroatoms. The van der Waals surface area contributed by atoms with Crippen molar-refractivity contribution in [1.29, 1.82) is 0 Å². The van der Waals surface area contributed by atoms with Gasteiger partial charge in [0.05, 0.1) is 12.3 Å². The number of fused-ring (bicyclic) bond motifs is 1. The van der Waals surface area contributed by atoms with Crippen molar-refractivity contribution in [2.75, 3.05) is 6.61 Å². The lowest BCUT2D eigenvalue weighted by Crippen LogP contribution is -2.28. The third kappa shape index (κ3) is 3.53. The Bertz CT molecular complexity index is 990. The van der Waals surface area contributed by atoms with Crippen molar-refractivity contribution in [3.05, 3.63) is 40.5 Å². The van der Waals surface area contributed by atoms with E-state index in [1.54, 1.807) is 13.8 Å². The molecule has 0 aliphatic carbocycles. The van der Waals surface area contributed by atoms with Gasteiger partial charge in [-0.05, 0) is 45.4 Å². The monoisotopic (exact) mass is 380 g/mol. The molecule has 7 nitrogen and oxygen atoms in total. The predicted octanol–water partition coefficient (Wildman–Crippen LogP) is 2.85. The van der Waals surface area contributed by atoms with Crippen LogP contribution in [0, 0.1) is 13.8 Å². The van der Waals surface area contributed by atoms with Crippen LogP contribution < -0.4 is 9.46 Å². The molecule has 0 saturated heterocycles. The van der Waals surface area contributed by atoms with Gasteiger partial charge < -0.3 is 4.74 Å². The number of aryl methyl sites for hydroxylation is 2. The Labute approximate surface area is 150 Å². The molecule has 0 saturated carbocycles. The molecular weight excluding hydrogens is 360 g/mol. The van der Waals surface area contributed by atoms with Crippen LogP contribution in [-0.4, -0.2) is 29.6 Å². The number of sulfonamides is 1. The van der Waals surface area contributed by atoms with E-state index in [0.717, 1.165) is 16.3 Å². The highest BCUT2D eigenvalue weighted by atomic mass is 32.2. The summed E-state index contributed by atoms with van der Waals surface area (Å²) in [6.07, 6.45) is 0. The molecule has 0 aliphatic rings.